The Hall–Kier alpha value is -1.07. The van der Waals surface area contributed by atoms with Gasteiger partial charge in [0.15, 0.2) is 0 Å². The van der Waals surface area contributed by atoms with Crippen LogP contribution in [-0.4, -0.2) is 35.7 Å². The van der Waals surface area contributed by atoms with Gasteiger partial charge < -0.3 is 15.0 Å². The highest BCUT2D eigenvalue weighted by molar-refractivity contribution is 9.10. The minimum atomic E-state index is -0.424. The molecule has 0 spiro atoms. The van der Waals surface area contributed by atoms with Crippen molar-refractivity contribution in [3.05, 3.63) is 34.3 Å². The monoisotopic (exact) mass is 398 g/mol. The van der Waals surface area contributed by atoms with Gasteiger partial charge in [0.05, 0.1) is 0 Å². The van der Waals surface area contributed by atoms with Gasteiger partial charge in [-0.25, -0.2) is 4.79 Å². The Morgan fingerprint density at radius 3 is 2.46 bits per heavy atom. The third-order valence-corrected chi connectivity index (χ3v) is 4.12. The van der Waals surface area contributed by atoms with Crippen molar-refractivity contribution in [3.8, 4) is 0 Å². The lowest BCUT2D eigenvalue weighted by molar-refractivity contribution is 0.0198. The first-order valence-corrected chi connectivity index (χ1v) is 9.58. The van der Waals surface area contributed by atoms with Crippen LogP contribution in [0.15, 0.2) is 28.7 Å². The fourth-order valence-corrected chi connectivity index (χ4v) is 2.95. The first-order chi connectivity index (χ1) is 11.3. The first kappa shape index (κ1) is 21.0. The predicted octanol–water partition coefficient (Wildman–Crippen LogP) is 4.96. The summed E-state index contributed by atoms with van der Waals surface area (Å²) in [5.41, 5.74) is 0.844. The number of hydrogen-bond acceptors (Lipinski definition) is 3. The zero-order valence-corrected chi connectivity index (χ0v) is 17.1. The van der Waals surface area contributed by atoms with Crippen LogP contribution >= 0.6 is 15.9 Å². The van der Waals surface area contributed by atoms with Crippen LogP contribution < -0.4 is 5.32 Å². The minimum absolute atomic E-state index is 0.196. The number of likely N-dealkylation sites (tertiary alicyclic amines) is 1. The van der Waals surface area contributed by atoms with Gasteiger partial charge in [-0.15, -0.1) is 0 Å². The van der Waals surface area contributed by atoms with Crippen LogP contribution in [0.5, 0.6) is 0 Å². The number of carbonyl (C=O) groups excluding carboxylic acids is 1. The molecule has 4 nitrogen and oxygen atoms in total. The van der Waals surface area contributed by atoms with Crippen LogP contribution in [0.2, 0.25) is 0 Å². The number of nitrogens with zero attached hydrogens (tertiary/aromatic N) is 1. The van der Waals surface area contributed by atoms with E-state index in [4.69, 9.17) is 4.74 Å². The standard InChI is InChI=1S/C17H25BrN2O2.C2H6/c1-17(2,3)22-16(21)20-9-7-15(8-10-20)19-12-13-5-4-6-14(18)11-13;1-2/h4-6,11,15,19H,7-10,12H2,1-3H3;1-2H3. The molecular formula is C19H31BrN2O2. The molecule has 0 unspecified atom stereocenters. The van der Waals surface area contributed by atoms with Crippen molar-refractivity contribution < 1.29 is 9.53 Å². The van der Waals surface area contributed by atoms with Crippen molar-refractivity contribution in [2.75, 3.05) is 13.1 Å². The Labute approximate surface area is 155 Å². The maximum absolute atomic E-state index is 12.0. The molecule has 0 atom stereocenters. The molecule has 0 aliphatic carbocycles. The summed E-state index contributed by atoms with van der Waals surface area (Å²) in [6.45, 7) is 12.1. The third-order valence-electron chi connectivity index (χ3n) is 3.63. The van der Waals surface area contributed by atoms with Gasteiger partial charge in [0.25, 0.3) is 0 Å². The molecule has 0 saturated carbocycles. The molecule has 0 radical (unpaired) electrons. The van der Waals surface area contributed by atoms with Gasteiger partial charge >= 0.3 is 6.09 Å². The minimum Gasteiger partial charge on any atom is -0.444 e. The highest BCUT2D eigenvalue weighted by Crippen LogP contribution is 2.16. The fraction of sp³-hybridized carbons (Fsp3) is 0.632. The highest BCUT2D eigenvalue weighted by Gasteiger charge is 2.26. The van der Waals surface area contributed by atoms with Gasteiger partial charge in [-0.3, -0.25) is 0 Å². The molecule has 1 aromatic rings. The van der Waals surface area contributed by atoms with E-state index in [0.717, 1.165) is 36.9 Å². The normalized spacial score (nSPS) is 15.5. The van der Waals surface area contributed by atoms with Gasteiger partial charge in [-0.05, 0) is 51.3 Å². The van der Waals surface area contributed by atoms with E-state index >= 15 is 0 Å². The molecule has 24 heavy (non-hydrogen) atoms. The number of ether oxygens (including phenoxy) is 1. The van der Waals surface area contributed by atoms with Gasteiger partial charge in [0.2, 0.25) is 0 Å². The predicted molar refractivity (Wildman–Crippen MR) is 103 cm³/mol. The molecule has 5 heteroatoms. The third kappa shape index (κ3) is 7.67. The van der Waals surface area contributed by atoms with E-state index in [-0.39, 0.29) is 6.09 Å². The molecule has 1 heterocycles. The van der Waals surface area contributed by atoms with Crippen LogP contribution in [0.4, 0.5) is 4.79 Å². The molecule has 1 aromatic carbocycles. The summed E-state index contributed by atoms with van der Waals surface area (Å²) in [4.78, 5) is 13.8. The van der Waals surface area contributed by atoms with E-state index in [9.17, 15) is 4.79 Å². The summed E-state index contributed by atoms with van der Waals surface area (Å²) in [5, 5.41) is 3.57. The van der Waals surface area contributed by atoms with Gasteiger partial charge in [-0.2, -0.15) is 0 Å². The molecule has 0 aromatic heterocycles. The molecule has 1 N–H and O–H groups in total. The van der Waals surface area contributed by atoms with E-state index in [1.54, 1.807) is 0 Å². The summed E-state index contributed by atoms with van der Waals surface area (Å²) < 4.78 is 6.52. The molecule has 1 amide bonds. The Balaban J connectivity index is 0.00000139. The number of carbonyl (C=O) groups is 1. The first-order valence-electron chi connectivity index (χ1n) is 8.79. The molecule has 1 saturated heterocycles. The fourth-order valence-electron chi connectivity index (χ4n) is 2.50. The smallest absolute Gasteiger partial charge is 0.410 e. The summed E-state index contributed by atoms with van der Waals surface area (Å²) in [6, 6.07) is 8.78. The van der Waals surface area contributed by atoms with Crippen LogP contribution in [0.1, 0.15) is 53.0 Å². The van der Waals surface area contributed by atoms with E-state index in [2.05, 4.69) is 33.4 Å². The average molecular weight is 399 g/mol. The highest BCUT2D eigenvalue weighted by atomic mass is 79.9. The average Bonchev–Trinajstić information content (AvgIpc) is 2.54. The van der Waals surface area contributed by atoms with Gasteiger partial charge in [0.1, 0.15) is 5.60 Å². The number of rotatable bonds is 3. The van der Waals surface area contributed by atoms with Crippen molar-refractivity contribution in [1.29, 1.82) is 0 Å². The Kier molecular flexibility index (Phi) is 8.78. The van der Waals surface area contributed by atoms with E-state index in [1.807, 2.05) is 51.7 Å². The van der Waals surface area contributed by atoms with Crippen molar-refractivity contribution in [2.45, 2.75) is 65.6 Å². The van der Waals surface area contributed by atoms with Crippen molar-refractivity contribution in [1.82, 2.24) is 10.2 Å². The molecular weight excluding hydrogens is 368 g/mol. The number of nitrogens with one attached hydrogen (secondary N) is 1. The maximum atomic E-state index is 12.0. The van der Waals surface area contributed by atoms with E-state index in [0.29, 0.717) is 6.04 Å². The number of halogens is 1. The number of hydrogen-bond donors (Lipinski definition) is 1. The zero-order chi connectivity index (χ0) is 18.2. The molecule has 1 fully saturated rings. The molecule has 2 rings (SSSR count). The van der Waals surface area contributed by atoms with Crippen molar-refractivity contribution >= 4 is 22.0 Å². The largest absolute Gasteiger partial charge is 0.444 e. The summed E-state index contributed by atoms with van der Waals surface area (Å²) in [7, 11) is 0. The number of piperidine rings is 1. The van der Waals surface area contributed by atoms with Crippen molar-refractivity contribution in [3.63, 3.8) is 0 Å². The second-order valence-electron chi connectivity index (χ2n) is 6.75. The van der Waals surface area contributed by atoms with Crippen LogP contribution in [-0.2, 0) is 11.3 Å². The lowest BCUT2D eigenvalue weighted by Crippen LogP contribution is -2.46. The molecule has 0 bridgehead atoms. The lowest BCUT2D eigenvalue weighted by Gasteiger charge is -2.33. The number of benzene rings is 1. The van der Waals surface area contributed by atoms with Gasteiger partial charge in [0, 0.05) is 30.1 Å². The topological polar surface area (TPSA) is 41.6 Å². The molecule has 1 aliphatic heterocycles. The SMILES string of the molecule is CC.CC(C)(C)OC(=O)N1CCC(NCc2cccc(Br)c2)CC1. The summed E-state index contributed by atoms with van der Waals surface area (Å²) in [5.74, 6) is 0. The second kappa shape index (κ2) is 10.0. The van der Waals surface area contributed by atoms with Crippen LogP contribution in [0.3, 0.4) is 0 Å². The second-order valence-corrected chi connectivity index (χ2v) is 7.67. The summed E-state index contributed by atoms with van der Waals surface area (Å²) >= 11 is 3.49. The summed E-state index contributed by atoms with van der Waals surface area (Å²) in [6.07, 6.45) is 1.73. The quantitative estimate of drug-likeness (QED) is 0.781. The van der Waals surface area contributed by atoms with Crippen LogP contribution in [0.25, 0.3) is 0 Å². The van der Waals surface area contributed by atoms with Gasteiger partial charge in [-0.1, -0.05) is 41.9 Å². The molecule has 1 aliphatic rings. The Bertz CT molecular complexity index is 506. The van der Waals surface area contributed by atoms with Crippen molar-refractivity contribution in [2.24, 2.45) is 0 Å². The molecule has 136 valence electrons. The Morgan fingerprint density at radius 2 is 1.92 bits per heavy atom. The lowest BCUT2D eigenvalue weighted by atomic mass is 10.0. The van der Waals surface area contributed by atoms with Crippen LogP contribution in [0, 0.1) is 0 Å². The zero-order valence-electron chi connectivity index (χ0n) is 15.6. The Morgan fingerprint density at radius 1 is 1.29 bits per heavy atom. The van der Waals surface area contributed by atoms with E-state index in [1.165, 1.54) is 5.56 Å². The number of amides is 1. The maximum Gasteiger partial charge on any atom is 0.410 e. The van der Waals surface area contributed by atoms with E-state index < -0.39 is 5.60 Å².